The van der Waals surface area contributed by atoms with E-state index in [2.05, 4.69) is 29.6 Å². The topological polar surface area (TPSA) is 47.6 Å². The van der Waals surface area contributed by atoms with Crippen LogP contribution in [-0.2, 0) is 5.41 Å². The number of nitrogens with one attached hydrogen (secondary N) is 1. The molecule has 0 unspecified atom stereocenters. The Hall–Kier alpha value is -2.49. The van der Waals surface area contributed by atoms with Gasteiger partial charge in [-0.15, -0.1) is 0 Å². The van der Waals surface area contributed by atoms with Gasteiger partial charge in [-0.05, 0) is 30.5 Å². The summed E-state index contributed by atoms with van der Waals surface area (Å²) < 4.78 is 10.5. The van der Waals surface area contributed by atoms with Crippen molar-refractivity contribution in [3.05, 3.63) is 59.7 Å². The van der Waals surface area contributed by atoms with Crippen LogP contribution in [0.1, 0.15) is 41.6 Å². The molecule has 1 N–H and O–H groups in total. The Morgan fingerprint density at radius 1 is 1.04 bits per heavy atom. The van der Waals surface area contributed by atoms with Gasteiger partial charge in [-0.1, -0.05) is 43.2 Å². The lowest BCUT2D eigenvalue weighted by atomic mass is 9.79. The van der Waals surface area contributed by atoms with Crippen molar-refractivity contribution < 1.29 is 14.3 Å². The molecule has 132 valence electrons. The van der Waals surface area contributed by atoms with Crippen LogP contribution >= 0.6 is 0 Å². The summed E-state index contributed by atoms with van der Waals surface area (Å²) in [5, 5.41) is 3.13. The van der Waals surface area contributed by atoms with Gasteiger partial charge in [0.05, 0.1) is 19.8 Å². The number of carbonyl (C=O) groups is 1. The molecule has 1 aliphatic rings. The zero-order chi connectivity index (χ0) is 17.7. The fourth-order valence-electron chi connectivity index (χ4n) is 3.74. The highest BCUT2D eigenvalue weighted by Crippen LogP contribution is 2.40. The van der Waals surface area contributed by atoms with E-state index >= 15 is 0 Å². The lowest BCUT2D eigenvalue weighted by Crippen LogP contribution is -2.39. The third-order valence-corrected chi connectivity index (χ3v) is 5.19. The SMILES string of the molecule is COc1ccc(C(=O)NCC2(c3ccccc3)CCCC2)c(OC)c1. The maximum Gasteiger partial charge on any atom is 0.255 e. The van der Waals surface area contributed by atoms with Crippen LogP contribution in [0.25, 0.3) is 0 Å². The van der Waals surface area contributed by atoms with E-state index in [0.717, 1.165) is 12.8 Å². The molecule has 0 spiro atoms. The molecule has 0 saturated heterocycles. The van der Waals surface area contributed by atoms with E-state index in [9.17, 15) is 4.79 Å². The van der Waals surface area contributed by atoms with Crippen molar-refractivity contribution in [3.63, 3.8) is 0 Å². The van der Waals surface area contributed by atoms with E-state index in [-0.39, 0.29) is 11.3 Å². The first kappa shape index (κ1) is 17.3. The number of hydrogen-bond donors (Lipinski definition) is 1. The first-order chi connectivity index (χ1) is 12.2. The first-order valence-corrected chi connectivity index (χ1v) is 8.74. The molecule has 1 amide bonds. The van der Waals surface area contributed by atoms with Crippen molar-refractivity contribution in [3.8, 4) is 11.5 Å². The van der Waals surface area contributed by atoms with Gasteiger partial charge < -0.3 is 14.8 Å². The third-order valence-electron chi connectivity index (χ3n) is 5.19. The second-order valence-corrected chi connectivity index (χ2v) is 6.60. The van der Waals surface area contributed by atoms with E-state index in [4.69, 9.17) is 9.47 Å². The number of amides is 1. The van der Waals surface area contributed by atoms with Gasteiger partial charge in [-0.3, -0.25) is 4.79 Å². The molecule has 1 saturated carbocycles. The first-order valence-electron chi connectivity index (χ1n) is 8.74. The molecule has 4 heteroatoms. The van der Waals surface area contributed by atoms with Gasteiger partial charge in [-0.2, -0.15) is 0 Å². The fourth-order valence-corrected chi connectivity index (χ4v) is 3.74. The van der Waals surface area contributed by atoms with E-state index < -0.39 is 0 Å². The minimum atomic E-state index is -0.110. The van der Waals surface area contributed by atoms with Gasteiger partial charge in [0.2, 0.25) is 0 Å². The molecule has 0 radical (unpaired) electrons. The summed E-state index contributed by atoms with van der Waals surface area (Å²) in [6.45, 7) is 0.644. The van der Waals surface area contributed by atoms with Gasteiger partial charge >= 0.3 is 0 Å². The number of methoxy groups -OCH3 is 2. The summed E-state index contributed by atoms with van der Waals surface area (Å²) in [5.41, 5.74) is 1.88. The van der Waals surface area contributed by atoms with Crippen LogP contribution in [0.2, 0.25) is 0 Å². The molecule has 2 aromatic rings. The molecule has 0 aromatic heterocycles. The van der Waals surface area contributed by atoms with Crippen LogP contribution in [0, 0.1) is 0 Å². The summed E-state index contributed by atoms with van der Waals surface area (Å²) in [4.78, 5) is 12.7. The van der Waals surface area contributed by atoms with Crippen molar-refractivity contribution >= 4 is 5.91 Å². The lowest BCUT2D eigenvalue weighted by Gasteiger charge is -2.30. The standard InChI is InChI=1S/C21H25NO3/c1-24-17-10-11-18(19(14-17)25-2)20(23)22-15-21(12-6-7-13-21)16-8-4-3-5-9-16/h3-5,8-11,14H,6-7,12-13,15H2,1-2H3,(H,22,23). The Bertz CT molecular complexity index is 721. The van der Waals surface area contributed by atoms with Crippen molar-refractivity contribution in [2.45, 2.75) is 31.1 Å². The molecule has 0 heterocycles. The molecule has 2 aromatic carbocycles. The van der Waals surface area contributed by atoms with E-state index in [1.807, 2.05) is 6.07 Å². The zero-order valence-electron chi connectivity index (χ0n) is 14.9. The van der Waals surface area contributed by atoms with Crippen LogP contribution in [0.3, 0.4) is 0 Å². The molecule has 25 heavy (non-hydrogen) atoms. The molecule has 0 bridgehead atoms. The average Bonchev–Trinajstić information content (AvgIpc) is 3.16. The van der Waals surface area contributed by atoms with Crippen LogP contribution in [-0.4, -0.2) is 26.7 Å². The molecule has 1 fully saturated rings. The predicted octanol–water partition coefficient (Wildman–Crippen LogP) is 3.95. The Labute approximate surface area is 149 Å². The monoisotopic (exact) mass is 339 g/mol. The maximum absolute atomic E-state index is 12.7. The van der Waals surface area contributed by atoms with Gasteiger partial charge in [0.15, 0.2) is 0 Å². The van der Waals surface area contributed by atoms with E-state index in [0.29, 0.717) is 23.6 Å². The quantitative estimate of drug-likeness (QED) is 0.867. The minimum absolute atomic E-state index is 0.0383. The van der Waals surface area contributed by atoms with Crippen LogP contribution in [0.5, 0.6) is 11.5 Å². The largest absolute Gasteiger partial charge is 0.497 e. The number of rotatable bonds is 6. The second kappa shape index (κ2) is 7.60. The number of ether oxygens (including phenoxy) is 2. The van der Waals surface area contributed by atoms with Crippen LogP contribution < -0.4 is 14.8 Å². The van der Waals surface area contributed by atoms with Crippen molar-refractivity contribution in [2.24, 2.45) is 0 Å². The Morgan fingerprint density at radius 3 is 2.40 bits per heavy atom. The molecular formula is C21H25NO3. The van der Waals surface area contributed by atoms with E-state index in [1.54, 1.807) is 32.4 Å². The van der Waals surface area contributed by atoms with Crippen molar-refractivity contribution in [1.82, 2.24) is 5.32 Å². The zero-order valence-corrected chi connectivity index (χ0v) is 14.9. The molecule has 0 atom stereocenters. The van der Waals surface area contributed by atoms with Crippen LogP contribution in [0.4, 0.5) is 0 Å². The summed E-state index contributed by atoms with van der Waals surface area (Å²) in [5.74, 6) is 1.09. The Balaban J connectivity index is 1.77. The summed E-state index contributed by atoms with van der Waals surface area (Å²) >= 11 is 0. The van der Waals surface area contributed by atoms with Gasteiger partial charge in [0.25, 0.3) is 5.91 Å². The summed E-state index contributed by atoms with van der Waals surface area (Å²) in [7, 11) is 3.16. The van der Waals surface area contributed by atoms with Crippen molar-refractivity contribution in [1.29, 1.82) is 0 Å². The highest BCUT2D eigenvalue weighted by atomic mass is 16.5. The fraction of sp³-hybridized carbons (Fsp3) is 0.381. The normalized spacial score (nSPS) is 15.6. The average molecular weight is 339 g/mol. The van der Waals surface area contributed by atoms with Gasteiger partial charge in [-0.25, -0.2) is 0 Å². The molecule has 4 nitrogen and oxygen atoms in total. The van der Waals surface area contributed by atoms with Crippen LogP contribution in [0.15, 0.2) is 48.5 Å². The molecule has 1 aliphatic carbocycles. The maximum atomic E-state index is 12.7. The number of benzene rings is 2. The Kier molecular flexibility index (Phi) is 5.27. The third kappa shape index (κ3) is 3.63. The van der Waals surface area contributed by atoms with Gasteiger partial charge in [0.1, 0.15) is 11.5 Å². The highest BCUT2D eigenvalue weighted by Gasteiger charge is 2.35. The number of hydrogen-bond acceptors (Lipinski definition) is 3. The second-order valence-electron chi connectivity index (χ2n) is 6.60. The Morgan fingerprint density at radius 2 is 1.76 bits per heavy atom. The number of carbonyl (C=O) groups excluding carboxylic acids is 1. The summed E-state index contributed by atoms with van der Waals surface area (Å²) in [6.07, 6.45) is 4.63. The predicted molar refractivity (Wildman–Crippen MR) is 98.5 cm³/mol. The van der Waals surface area contributed by atoms with Crippen molar-refractivity contribution in [2.75, 3.05) is 20.8 Å². The smallest absolute Gasteiger partial charge is 0.255 e. The molecule has 3 rings (SSSR count). The lowest BCUT2D eigenvalue weighted by molar-refractivity contribution is 0.0940. The van der Waals surface area contributed by atoms with Gasteiger partial charge in [0, 0.05) is 18.0 Å². The summed E-state index contributed by atoms with van der Waals surface area (Å²) in [6, 6.07) is 15.8. The molecular weight excluding hydrogens is 314 g/mol. The van der Waals surface area contributed by atoms with E-state index in [1.165, 1.54) is 18.4 Å². The highest BCUT2D eigenvalue weighted by molar-refractivity contribution is 5.97. The molecule has 0 aliphatic heterocycles. The minimum Gasteiger partial charge on any atom is -0.497 e.